The van der Waals surface area contributed by atoms with Crippen molar-refractivity contribution in [1.29, 1.82) is 0 Å². The van der Waals surface area contributed by atoms with E-state index in [4.69, 9.17) is 19.3 Å². The van der Waals surface area contributed by atoms with Gasteiger partial charge in [0.2, 0.25) is 0 Å². The number of hydrogen-bond donors (Lipinski definition) is 2. The molecule has 44 heavy (non-hydrogen) atoms. The molecule has 2 atom stereocenters. The number of halogens is 1. The first-order valence-electron chi connectivity index (χ1n) is 14.0. The third kappa shape index (κ3) is 7.36. The Labute approximate surface area is 261 Å². The van der Waals surface area contributed by atoms with E-state index in [1.807, 2.05) is 18.2 Å². The summed E-state index contributed by atoms with van der Waals surface area (Å²) >= 11 is 2.44. The SMILES string of the molecule is COc1cc2sc(C(=O)C[C@H](C)C(C)=O)cc2cc1NCCCOc1c(OC)cc2sc(C(=O)C[C@H](C)C(=O)O)cc2c1F. The van der Waals surface area contributed by atoms with Gasteiger partial charge in [0, 0.05) is 52.2 Å². The summed E-state index contributed by atoms with van der Waals surface area (Å²) in [6, 6.07) is 8.62. The molecule has 0 unspecified atom stereocenters. The predicted molar refractivity (Wildman–Crippen MR) is 170 cm³/mol. The number of aliphatic carboxylic acids is 1. The van der Waals surface area contributed by atoms with Crippen LogP contribution in [0.25, 0.3) is 20.2 Å². The number of carboxylic acid groups (broad SMARTS) is 1. The number of carbonyl (C=O) groups excluding carboxylic acids is 3. The molecule has 0 radical (unpaired) electrons. The normalized spacial score (nSPS) is 12.6. The average Bonchev–Trinajstić information content (AvgIpc) is 3.61. The predicted octanol–water partition coefficient (Wildman–Crippen LogP) is 7.24. The third-order valence-corrected chi connectivity index (χ3v) is 9.53. The molecule has 2 aromatic heterocycles. The summed E-state index contributed by atoms with van der Waals surface area (Å²) in [5.41, 5.74) is 0.728. The van der Waals surface area contributed by atoms with Gasteiger partial charge in [-0.15, -0.1) is 22.7 Å². The molecule has 12 heteroatoms. The Bertz CT molecular complexity index is 1730. The van der Waals surface area contributed by atoms with Crippen LogP contribution in [-0.2, 0) is 9.59 Å². The molecule has 0 aliphatic carbocycles. The fourth-order valence-electron chi connectivity index (χ4n) is 4.49. The van der Waals surface area contributed by atoms with Gasteiger partial charge in [-0.25, -0.2) is 4.39 Å². The number of Topliss-reactive ketones (excluding diaryl/α,β-unsaturated/α-hetero) is 3. The van der Waals surface area contributed by atoms with Crippen LogP contribution in [0.2, 0.25) is 0 Å². The largest absolute Gasteiger partial charge is 0.495 e. The number of fused-ring (bicyclic) bond motifs is 2. The van der Waals surface area contributed by atoms with Gasteiger partial charge in [0.25, 0.3) is 0 Å². The number of benzene rings is 2. The fourth-order valence-corrected chi connectivity index (χ4v) is 6.55. The molecule has 234 valence electrons. The van der Waals surface area contributed by atoms with Crippen LogP contribution in [0.4, 0.5) is 10.1 Å². The van der Waals surface area contributed by atoms with E-state index in [1.54, 1.807) is 20.1 Å². The second kappa shape index (κ2) is 14.2. The Morgan fingerprint density at radius 1 is 0.886 bits per heavy atom. The first kappa shape index (κ1) is 32.9. The fraction of sp³-hybridized carbons (Fsp3) is 0.375. The van der Waals surface area contributed by atoms with Gasteiger partial charge >= 0.3 is 5.97 Å². The van der Waals surface area contributed by atoms with Crippen molar-refractivity contribution >= 4 is 71.9 Å². The number of thiophene rings is 2. The zero-order valence-electron chi connectivity index (χ0n) is 25.1. The molecule has 2 N–H and O–H groups in total. The van der Waals surface area contributed by atoms with Gasteiger partial charge in [-0.1, -0.05) is 13.8 Å². The molecule has 0 bridgehead atoms. The highest BCUT2D eigenvalue weighted by Crippen LogP contribution is 2.41. The van der Waals surface area contributed by atoms with E-state index in [1.165, 1.54) is 38.4 Å². The maximum absolute atomic E-state index is 15.5. The summed E-state index contributed by atoms with van der Waals surface area (Å²) in [4.78, 5) is 48.8. The summed E-state index contributed by atoms with van der Waals surface area (Å²) in [5.74, 6) is -2.62. The number of rotatable bonds is 16. The minimum atomic E-state index is -1.07. The van der Waals surface area contributed by atoms with Gasteiger partial charge < -0.3 is 24.6 Å². The van der Waals surface area contributed by atoms with Crippen LogP contribution < -0.4 is 19.5 Å². The maximum atomic E-state index is 15.5. The van der Waals surface area contributed by atoms with Crippen molar-refractivity contribution in [3.05, 3.63) is 45.9 Å². The second-order valence-corrected chi connectivity index (χ2v) is 12.7. The Balaban J connectivity index is 1.41. The molecule has 4 aromatic rings. The average molecular weight is 644 g/mol. The lowest BCUT2D eigenvalue weighted by Gasteiger charge is -2.14. The van der Waals surface area contributed by atoms with Crippen molar-refractivity contribution in [2.45, 2.75) is 40.0 Å². The topological polar surface area (TPSA) is 128 Å². The van der Waals surface area contributed by atoms with Gasteiger partial charge in [-0.2, -0.15) is 0 Å². The zero-order valence-corrected chi connectivity index (χ0v) is 26.7. The number of carboxylic acids is 1. The van der Waals surface area contributed by atoms with Gasteiger partial charge in [0.1, 0.15) is 11.5 Å². The zero-order chi connectivity index (χ0) is 32.1. The van der Waals surface area contributed by atoms with E-state index >= 15 is 4.39 Å². The van der Waals surface area contributed by atoms with Gasteiger partial charge in [-0.05, 0) is 36.9 Å². The van der Waals surface area contributed by atoms with Crippen molar-refractivity contribution in [2.75, 3.05) is 32.7 Å². The first-order chi connectivity index (χ1) is 20.9. The standard InChI is InChI=1S/C32H34FNO8S2/c1-16(18(3)35)9-22(36)28-12-19-11-21(24(40-4)14-26(19)43-28)34-7-6-8-42-31-25(41-5)15-27-20(30(31)33)13-29(44-27)23(37)10-17(2)32(38)39/h11-17,34H,6-10H2,1-5H3,(H,38,39)/t16-,17-/m0/s1. The second-order valence-electron chi connectivity index (χ2n) is 10.6. The lowest BCUT2D eigenvalue weighted by molar-refractivity contribution is -0.141. The van der Waals surface area contributed by atoms with E-state index in [0.717, 1.165) is 27.1 Å². The van der Waals surface area contributed by atoms with Crippen LogP contribution in [0.5, 0.6) is 17.2 Å². The van der Waals surface area contributed by atoms with Crippen LogP contribution in [0.15, 0.2) is 30.3 Å². The number of methoxy groups -OCH3 is 2. The van der Waals surface area contributed by atoms with E-state index in [9.17, 15) is 19.2 Å². The van der Waals surface area contributed by atoms with Crippen LogP contribution in [-0.4, -0.2) is 55.8 Å². The lowest BCUT2D eigenvalue weighted by atomic mass is 10.00. The van der Waals surface area contributed by atoms with Gasteiger partial charge in [-0.3, -0.25) is 19.2 Å². The highest BCUT2D eigenvalue weighted by atomic mass is 32.1. The molecular weight excluding hydrogens is 609 g/mol. The smallest absolute Gasteiger partial charge is 0.306 e. The number of hydrogen-bond acceptors (Lipinski definition) is 10. The van der Waals surface area contributed by atoms with Crippen LogP contribution in [0.1, 0.15) is 59.4 Å². The van der Waals surface area contributed by atoms with Crippen molar-refractivity contribution in [1.82, 2.24) is 0 Å². The van der Waals surface area contributed by atoms with Gasteiger partial charge in [0.05, 0.1) is 42.2 Å². The lowest BCUT2D eigenvalue weighted by Crippen LogP contribution is -2.13. The number of ether oxygens (including phenoxy) is 3. The van der Waals surface area contributed by atoms with Gasteiger partial charge in [0.15, 0.2) is 28.9 Å². The number of carbonyl (C=O) groups is 4. The number of ketones is 3. The molecular formula is C32H34FNO8S2. The molecule has 0 aliphatic rings. The molecule has 9 nitrogen and oxygen atoms in total. The van der Waals surface area contributed by atoms with Crippen LogP contribution in [0.3, 0.4) is 0 Å². The molecule has 2 heterocycles. The molecule has 0 fully saturated rings. The molecule has 0 amide bonds. The van der Waals surface area contributed by atoms with Crippen molar-refractivity contribution in [2.24, 2.45) is 11.8 Å². The molecule has 0 saturated heterocycles. The van der Waals surface area contributed by atoms with Crippen molar-refractivity contribution < 1.29 is 42.9 Å². The quantitative estimate of drug-likeness (QED) is 0.0959. The van der Waals surface area contributed by atoms with E-state index < -0.39 is 17.7 Å². The van der Waals surface area contributed by atoms with E-state index in [2.05, 4.69) is 5.32 Å². The molecule has 4 rings (SSSR count). The van der Waals surface area contributed by atoms with Crippen molar-refractivity contribution in [3.8, 4) is 17.2 Å². The summed E-state index contributed by atoms with van der Waals surface area (Å²) < 4.78 is 33.6. The van der Waals surface area contributed by atoms with E-state index in [-0.39, 0.29) is 64.5 Å². The van der Waals surface area contributed by atoms with Crippen molar-refractivity contribution in [3.63, 3.8) is 0 Å². The van der Waals surface area contributed by atoms with Crippen LogP contribution in [0, 0.1) is 17.7 Å². The Morgan fingerprint density at radius 3 is 2.14 bits per heavy atom. The number of anilines is 1. The molecule has 0 aliphatic heterocycles. The Kier molecular flexibility index (Phi) is 10.6. The first-order valence-corrected chi connectivity index (χ1v) is 15.6. The Morgan fingerprint density at radius 2 is 1.50 bits per heavy atom. The Hall–Kier alpha value is -4.03. The minimum absolute atomic E-state index is 0.0184. The van der Waals surface area contributed by atoms with E-state index in [0.29, 0.717) is 28.3 Å². The number of nitrogens with one attached hydrogen (secondary N) is 1. The molecule has 2 aromatic carbocycles. The highest BCUT2D eigenvalue weighted by molar-refractivity contribution is 7.21. The summed E-state index contributed by atoms with van der Waals surface area (Å²) in [6.45, 7) is 5.32. The summed E-state index contributed by atoms with van der Waals surface area (Å²) in [5, 5.41) is 13.5. The monoisotopic (exact) mass is 643 g/mol. The molecule has 0 spiro atoms. The third-order valence-electron chi connectivity index (χ3n) is 7.27. The highest BCUT2D eigenvalue weighted by Gasteiger charge is 2.23. The minimum Gasteiger partial charge on any atom is -0.495 e. The van der Waals surface area contributed by atoms with Crippen LogP contribution >= 0.6 is 22.7 Å². The molecule has 0 saturated carbocycles. The summed E-state index contributed by atoms with van der Waals surface area (Å²) in [6.07, 6.45) is 0.486. The maximum Gasteiger partial charge on any atom is 0.306 e. The summed E-state index contributed by atoms with van der Waals surface area (Å²) in [7, 11) is 2.96.